The Morgan fingerprint density at radius 2 is 2.00 bits per heavy atom. The van der Waals surface area contributed by atoms with Crippen molar-refractivity contribution < 1.29 is 9.90 Å². The van der Waals surface area contributed by atoms with Gasteiger partial charge in [0.25, 0.3) is 0 Å². The minimum atomic E-state index is -0.721. The van der Waals surface area contributed by atoms with Crippen LogP contribution in [-0.4, -0.2) is 23.2 Å². The number of hydrogen-bond donors (Lipinski definition) is 2. The van der Waals surface area contributed by atoms with Crippen molar-refractivity contribution in [3.05, 3.63) is 0 Å². The lowest BCUT2D eigenvalue weighted by Crippen LogP contribution is -2.41. The first kappa shape index (κ1) is 13.4. The predicted molar refractivity (Wildman–Crippen MR) is 58.5 cm³/mol. The number of carbonyl (C=O) groups is 1. The summed E-state index contributed by atoms with van der Waals surface area (Å²) in [5, 5.41) is 12.1. The molecule has 14 heavy (non-hydrogen) atoms. The highest BCUT2D eigenvalue weighted by Crippen LogP contribution is 2.05. The van der Waals surface area contributed by atoms with E-state index in [2.05, 4.69) is 19.2 Å². The number of carboxylic acid groups (broad SMARTS) is 1. The van der Waals surface area contributed by atoms with Gasteiger partial charge >= 0.3 is 5.97 Å². The zero-order valence-electron chi connectivity index (χ0n) is 9.55. The summed E-state index contributed by atoms with van der Waals surface area (Å²) in [5.74, 6) is -0.721. The summed E-state index contributed by atoms with van der Waals surface area (Å²) in [6, 6.07) is -0.0748. The molecule has 2 N–H and O–H groups in total. The van der Waals surface area contributed by atoms with Gasteiger partial charge in [-0.25, -0.2) is 0 Å². The highest BCUT2D eigenvalue weighted by atomic mass is 16.4. The van der Waals surface area contributed by atoms with E-state index in [9.17, 15) is 4.79 Å². The van der Waals surface area contributed by atoms with Crippen LogP contribution in [0.5, 0.6) is 0 Å². The molecule has 0 aliphatic heterocycles. The molecule has 0 aliphatic rings. The predicted octanol–water partition coefficient (Wildman–Crippen LogP) is 2.41. The summed E-state index contributed by atoms with van der Waals surface area (Å²) < 4.78 is 0. The Morgan fingerprint density at radius 3 is 2.43 bits per heavy atom. The van der Waals surface area contributed by atoms with Gasteiger partial charge in [-0.2, -0.15) is 0 Å². The van der Waals surface area contributed by atoms with E-state index < -0.39 is 5.97 Å². The lowest BCUT2D eigenvalue weighted by Gasteiger charge is -2.18. The first-order valence-electron chi connectivity index (χ1n) is 5.60. The molecule has 0 spiro atoms. The Bertz CT molecular complexity index is 159. The lowest BCUT2D eigenvalue weighted by molar-refractivity contribution is -0.139. The molecule has 2 atom stereocenters. The summed E-state index contributed by atoms with van der Waals surface area (Å²) >= 11 is 0. The van der Waals surface area contributed by atoms with E-state index in [-0.39, 0.29) is 12.1 Å². The van der Waals surface area contributed by atoms with Crippen LogP contribution in [0.15, 0.2) is 0 Å². The van der Waals surface area contributed by atoms with Crippen molar-refractivity contribution in [2.24, 2.45) is 0 Å². The fraction of sp³-hybridized carbons (Fsp3) is 0.909. The molecule has 2 unspecified atom stereocenters. The zero-order valence-corrected chi connectivity index (χ0v) is 9.55. The molecule has 0 heterocycles. The minimum absolute atomic E-state index is 0.290. The van der Waals surface area contributed by atoms with E-state index in [1.54, 1.807) is 0 Å². The summed E-state index contributed by atoms with van der Waals surface area (Å²) in [6.07, 6.45) is 4.96. The third kappa shape index (κ3) is 5.97. The van der Waals surface area contributed by atoms with Gasteiger partial charge in [-0.05, 0) is 19.8 Å². The number of carboxylic acids is 1. The average Bonchev–Trinajstić information content (AvgIpc) is 2.16. The summed E-state index contributed by atoms with van der Waals surface area (Å²) in [4.78, 5) is 10.9. The van der Waals surface area contributed by atoms with Gasteiger partial charge in [0.2, 0.25) is 0 Å². The fourth-order valence-corrected chi connectivity index (χ4v) is 1.34. The SMILES string of the molecule is CCCCCC(NC(C)CC)C(=O)O. The normalized spacial score (nSPS) is 15.1. The van der Waals surface area contributed by atoms with E-state index in [0.717, 1.165) is 32.1 Å². The fourth-order valence-electron chi connectivity index (χ4n) is 1.34. The molecule has 0 aromatic rings. The van der Waals surface area contributed by atoms with E-state index >= 15 is 0 Å². The van der Waals surface area contributed by atoms with Crippen molar-refractivity contribution in [3.63, 3.8) is 0 Å². The molecule has 0 fully saturated rings. The number of aliphatic carboxylic acids is 1. The third-order valence-corrected chi connectivity index (χ3v) is 2.49. The van der Waals surface area contributed by atoms with Crippen molar-refractivity contribution in [1.29, 1.82) is 0 Å². The van der Waals surface area contributed by atoms with Gasteiger partial charge in [0.15, 0.2) is 0 Å². The molecule has 0 amide bonds. The second-order valence-corrected chi connectivity index (χ2v) is 3.86. The molecular weight excluding hydrogens is 178 g/mol. The van der Waals surface area contributed by atoms with Crippen LogP contribution in [-0.2, 0) is 4.79 Å². The van der Waals surface area contributed by atoms with Gasteiger partial charge in [-0.1, -0.05) is 33.1 Å². The van der Waals surface area contributed by atoms with Crippen molar-refractivity contribution in [1.82, 2.24) is 5.32 Å². The van der Waals surface area contributed by atoms with Crippen LogP contribution >= 0.6 is 0 Å². The van der Waals surface area contributed by atoms with E-state index in [1.165, 1.54) is 0 Å². The van der Waals surface area contributed by atoms with Crippen LogP contribution in [0.4, 0.5) is 0 Å². The molecule has 3 heteroatoms. The van der Waals surface area contributed by atoms with E-state index in [1.807, 2.05) is 6.92 Å². The van der Waals surface area contributed by atoms with E-state index in [4.69, 9.17) is 5.11 Å². The van der Waals surface area contributed by atoms with Crippen molar-refractivity contribution in [2.45, 2.75) is 65.0 Å². The van der Waals surface area contributed by atoms with Crippen molar-refractivity contribution in [2.75, 3.05) is 0 Å². The van der Waals surface area contributed by atoms with Crippen LogP contribution in [0.3, 0.4) is 0 Å². The quantitative estimate of drug-likeness (QED) is 0.593. The summed E-state index contributed by atoms with van der Waals surface area (Å²) in [5.41, 5.74) is 0. The second-order valence-electron chi connectivity index (χ2n) is 3.86. The second kappa shape index (κ2) is 7.80. The molecule has 0 bridgehead atoms. The monoisotopic (exact) mass is 201 g/mol. The van der Waals surface area contributed by atoms with Crippen molar-refractivity contribution >= 4 is 5.97 Å². The maximum atomic E-state index is 10.9. The molecule has 0 aromatic carbocycles. The van der Waals surface area contributed by atoms with Gasteiger partial charge in [-0.15, -0.1) is 0 Å². The Balaban J connectivity index is 3.84. The number of rotatable bonds is 8. The highest BCUT2D eigenvalue weighted by Gasteiger charge is 2.17. The number of hydrogen-bond acceptors (Lipinski definition) is 2. The van der Waals surface area contributed by atoms with E-state index in [0.29, 0.717) is 0 Å². The molecule has 0 saturated carbocycles. The minimum Gasteiger partial charge on any atom is -0.480 e. The van der Waals surface area contributed by atoms with Crippen LogP contribution in [0.2, 0.25) is 0 Å². The zero-order chi connectivity index (χ0) is 11.0. The molecule has 0 aromatic heterocycles. The molecule has 84 valence electrons. The van der Waals surface area contributed by atoms with Gasteiger partial charge in [0, 0.05) is 6.04 Å². The molecule has 0 aliphatic carbocycles. The summed E-state index contributed by atoms with van der Waals surface area (Å²) in [7, 11) is 0. The lowest BCUT2D eigenvalue weighted by atomic mass is 10.1. The maximum Gasteiger partial charge on any atom is 0.320 e. The third-order valence-electron chi connectivity index (χ3n) is 2.49. The Labute approximate surface area is 86.9 Å². The van der Waals surface area contributed by atoms with Gasteiger partial charge in [0.1, 0.15) is 6.04 Å². The number of unbranched alkanes of at least 4 members (excludes halogenated alkanes) is 2. The molecule has 0 rings (SSSR count). The standard InChI is InChI=1S/C11H23NO2/c1-4-6-7-8-10(11(13)14)12-9(3)5-2/h9-10,12H,4-8H2,1-3H3,(H,13,14). The largest absolute Gasteiger partial charge is 0.480 e. The van der Waals surface area contributed by atoms with Crippen LogP contribution in [0, 0.1) is 0 Å². The van der Waals surface area contributed by atoms with Crippen LogP contribution < -0.4 is 5.32 Å². The highest BCUT2D eigenvalue weighted by molar-refractivity contribution is 5.73. The molecular formula is C11H23NO2. The Kier molecular flexibility index (Phi) is 7.48. The number of nitrogens with one attached hydrogen (secondary N) is 1. The van der Waals surface area contributed by atoms with Crippen molar-refractivity contribution in [3.8, 4) is 0 Å². The van der Waals surface area contributed by atoms with Gasteiger partial charge in [-0.3, -0.25) is 4.79 Å². The Morgan fingerprint density at radius 1 is 1.36 bits per heavy atom. The summed E-state index contributed by atoms with van der Waals surface area (Å²) in [6.45, 7) is 6.20. The smallest absolute Gasteiger partial charge is 0.320 e. The average molecular weight is 201 g/mol. The Hall–Kier alpha value is -0.570. The van der Waals surface area contributed by atoms with Gasteiger partial charge in [0.05, 0.1) is 0 Å². The topological polar surface area (TPSA) is 49.3 Å². The first-order valence-corrected chi connectivity index (χ1v) is 5.60. The van der Waals surface area contributed by atoms with Crippen LogP contribution in [0.1, 0.15) is 52.9 Å². The molecule has 0 radical (unpaired) electrons. The molecule has 0 saturated heterocycles. The molecule has 3 nitrogen and oxygen atoms in total. The van der Waals surface area contributed by atoms with Gasteiger partial charge < -0.3 is 10.4 Å². The van der Waals surface area contributed by atoms with Crippen LogP contribution in [0.25, 0.3) is 0 Å². The maximum absolute atomic E-state index is 10.9. The first-order chi connectivity index (χ1) is 6.61.